The number of rotatable bonds is 3. The first-order valence-electron chi connectivity index (χ1n) is 6.01. The molecule has 0 unspecified atom stereocenters. The summed E-state index contributed by atoms with van der Waals surface area (Å²) in [7, 11) is 0. The lowest BCUT2D eigenvalue weighted by Gasteiger charge is -2.10. The monoisotopic (exact) mass is 270 g/mol. The van der Waals surface area contributed by atoms with Crippen LogP contribution in [-0.4, -0.2) is 9.97 Å². The van der Waals surface area contributed by atoms with Gasteiger partial charge >= 0.3 is 0 Å². The van der Waals surface area contributed by atoms with Crippen LogP contribution in [0.2, 0.25) is 0 Å². The van der Waals surface area contributed by atoms with Crippen molar-refractivity contribution < 1.29 is 0 Å². The molecule has 0 amide bonds. The van der Waals surface area contributed by atoms with Crippen LogP contribution in [0, 0.1) is 6.92 Å². The van der Waals surface area contributed by atoms with Crippen LogP contribution in [0.5, 0.6) is 0 Å². The van der Waals surface area contributed by atoms with E-state index in [1.54, 1.807) is 17.5 Å². The molecule has 3 rings (SSSR count). The Morgan fingerprint density at radius 3 is 2.95 bits per heavy atom. The Labute approximate surface area is 115 Å². The van der Waals surface area contributed by atoms with Gasteiger partial charge in [0.1, 0.15) is 0 Å². The fraction of sp³-hybridized carbons (Fsp3) is 0.143. The molecule has 0 aliphatic carbocycles. The number of aromatic nitrogens is 2. The average molecular weight is 270 g/mol. The van der Waals surface area contributed by atoms with Crippen LogP contribution >= 0.6 is 11.3 Å². The molecule has 0 aliphatic heterocycles. The predicted molar refractivity (Wildman–Crippen MR) is 80.3 cm³/mol. The first-order valence-corrected chi connectivity index (χ1v) is 6.83. The summed E-state index contributed by atoms with van der Waals surface area (Å²) in [5.41, 5.74) is 7.90. The Kier molecular flexibility index (Phi) is 3.05. The lowest BCUT2D eigenvalue weighted by molar-refractivity contribution is 1.17. The number of hydrogen-bond acceptors (Lipinski definition) is 5. The third-order valence-corrected chi connectivity index (χ3v) is 3.90. The summed E-state index contributed by atoms with van der Waals surface area (Å²) < 4.78 is 0. The number of anilines is 2. The van der Waals surface area contributed by atoms with Gasteiger partial charge in [-0.3, -0.25) is 4.98 Å². The molecule has 2 heterocycles. The van der Waals surface area contributed by atoms with Crippen molar-refractivity contribution in [2.24, 2.45) is 0 Å². The minimum atomic E-state index is 0.742. The van der Waals surface area contributed by atoms with E-state index in [2.05, 4.69) is 15.3 Å². The van der Waals surface area contributed by atoms with Gasteiger partial charge in [0.25, 0.3) is 0 Å². The number of thiazole rings is 1. The Morgan fingerprint density at radius 2 is 2.16 bits per heavy atom. The fourth-order valence-electron chi connectivity index (χ4n) is 2.02. The van der Waals surface area contributed by atoms with Crippen molar-refractivity contribution in [3.8, 4) is 0 Å². The SMILES string of the molecule is Cc1ncc(CNc2ccc3cnccc3c2N)s1. The normalized spacial score (nSPS) is 10.8. The second kappa shape index (κ2) is 4.85. The maximum absolute atomic E-state index is 6.19. The number of benzene rings is 1. The number of pyridine rings is 1. The number of nitrogens with two attached hydrogens (primary N) is 1. The number of aryl methyl sites for hydroxylation is 1. The maximum atomic E-state index is 6.19. The van der Waals surface area contributed by atoms with Crippen molar-refractivity contribution in [3.63, 3.8) is 0 Å². The van der Waals surface area contributed by atoms with Crippen molar-refractivity contribution in [2.75, 3.05) is 11.1 Å². The van der Waals surface area contributed by atoms with Crippen LogP contribution in [-0.2, 0) is 6.54 Å². The summed E-state index contributed by atoms with van der Waals surface area (Å²) in [6.45, 7) is 2.75. The molecular formula is C14H14N4S. The number of fused-ring (bicyclic) bond motifs is 1. The van der Waals surface area contributed by atoms with Gasteiger partial charge in [-0.2, -0.15) is 0 Å². The zero-order valence-electron chi connectivity index (χ0n) is 10.6. The molecule has 0 atom stereocenters. The summed E-state index contributed by atoms with van der Waals surface area (Å²) in [5, 5.41) is 6.52. The molecule has 0 radical (unpaired) electrons. The van der Waals surface area contributed by atoms with E-state index in [1.165, 1.54) is 4.88 Å². The highest BCUT2D eigenvalue weighted by Crippen LogP contribution is 2.28. The highest BCUT2D eigenvalue weighted by atomic mass is 32.1. The van der Waals surface area contributed by atoms with E-state index in [1.807, 2.05) is 37.5 Å². The molecular weight excluding hydrogens is 256 g/mol. The van der Waals surface area contributed by atoms with Gasteiger partial charge < -0.3 is 11.1 Å². The van der Waals surface area contributed by atoms with E-state index in [-0.39, 0.29) is 0 Å². The summed E-state index contributed by atoms with van der Waals surface area (Å²) in [6, 6.07) is 5.96. The molecule has 3 aromatic rings. The van der Waals surface area contributed by atoms with E-state index >= 15 is 0 Å². The van der Waals surface area contributed by atoms with Crippen LogP contribution in [0.25, 0.3) is 10.8 Å². The molecule has 0 aliphatic rings. The molecule has 3 N–H and O–H groups in total. The van der Waals surface area contributed by atoms with Gasteiger partial charge in [-0.05, 0) is 19.1 Å². The lowest BCUT2D eigenvalue weighted by Crippen LogP contribution is -2.01. The zero-order valence-corrected chi connectivity index (χ0v) is 11.4. The summed E-state index contributed by atoms with van der Waals surface area (Å²) in [4.78, 5) is 9.54. The van der Waals surface area contributed by atoms with E-state index < -0.39 is 0 Å². The first-order chi connectivity index (χ1) is 9.24. The maximum Gasteiger partial charge on any atom is 0.0897 e. The van der Waals surface area contributed by atoms with E-state index in [9.17, 15) is 0 Å². The molecule has 1 aromatic carbocycles. The molecule has 5 heteroatoms. The van der Waals surface area contributed by atoms with Crippen LogP contribution in [0.15, 0.2) is 36.8 Å². The molecule has 0 fully saturated rings. The standard InChI is InChI=1S/C14H14N4S/c1-9-17-7-11(19-9)8-18-13-3-2-10-6-16-5-4-12(10)14(13)15/h2-7,18H,8,15H2,1H3. The van der Waals surface area contributed by atoms with Crippen molar-refractivity contribution in [2.45, 2.75) is 13.5 Å². The van der Waals surface area contributed by atoms with Crippen LogP contribution in [0.1, 0.15) is 9.88 Å². The van der Waals surface area contributed by atoms with E-state index in [4.69, 9.17) is 5.73 Å². The number of hydrogen-bond donors (Lipinski definition) is 2. The zero-order chi connectivity index (χ0) is 13.2. The van der Waals surface area contributed by atoms with Crippen LogP contribution < -0.4 is 11.1 Å². The Balaban J connectivity index is 1.87. The number of nitrogens with zero attached hydrogens (tertiary/aromatic N) is 2. The Bertz CT molecular complexity index is 720. The van der Waals surface area contributed by atoms with Gasteiger partial charge in [0, 0.05) is 34.2 Å². The van der Waals surface area contributed by atoms with Crippen molar-refractivity contribution in [1.82, 2.24) is 9.97 Å². The van der Waals surface area contributed by atoms with Gasteiger partial charge in [-0.15, -0.1) is 11.3 Å². The second-order valence-corrected chi connectivity index (χ2v) is 5.64. The highest BCUT2D eigenvalue weighted by molar-refractivity contribution is 7.11. The van der Waals surface area contributed by atoms with E-state index in [0.29, 0.717) is 0 Å². The van der Waals surface area contributed by atoms with Crippen molar-refractivity contribution >= 4 is 33.5 Å². The molecule has 2 aromatic heterocycles. The highest BCUT2D eigenvalue weighted by Gasteiger charge is 2.05. The van der Waals surface area contributed by atoms with Gasteiger partial charge in [-0.1, -0.05) is 6.07 Å². The van der Waals surface area contributed by atoms with Gasteiger partial charge in [-0.25, -0.2) is 4.98 Å². The van der Waals surface area contributed by atoms with Gasteiger partial charge in [0.2, 0.25) is 0 Å². The summed E-state index contributed by atoms with van der Waals surface area (Å²) in [6.07, 6.45) is 5.48. The average Bonchev–Trinajstić information content (AvgIpc) is 2.84. The van der Waals surface area contributed by atoms with Crippen LogP contribution in [0.4, 0.5) is 11.4 Å². The summed E-state index contributed by atoms with van der Waals surface area (Å²) >= 11 is 1.69. The quantitative estimate of drug-likeness (QED) is 0.717. The predicted octanol–water partition coefficient (Wildman–Crippen LogP) is 3.19. The Hall–Kier alpha value is -2.14. The topological polar surface area (TPSA) is 63.8 Å². The van der Waals surface area contributed by atoms with Crippen LogP contribution in [0.3, 0.4) is 0 Å². The van der Waals surface area contributed by atoms with E-state index in [0.717, 1.165) is 33.7 Å². The molecule has 0 saturated carbocycles. The third kappa shape index (κ3) is 2.37. The van der Waals surface area contributed by atoms with Crippen molar-refractivity contribution in [1.29, 1.82) is 0 Å². The van der Waals surface area contributed by atoms with Gasteiger partial charge in [0.05, 0.1) is 22.9 Å². The summed E-state index contributed by atoms with van der Waals surface area (Å²) in [5.74, 6) is 0. The van der Waals surface area contributed by atoms with Gasteiger partial charge in [0.15, 0.2) is 0 Å². The molecule has 0 saturated heterocycles. The smallest absolute Gasteiger partial charge is 0.0897 e. The minimum absolute atomic E-state index is 0.742. The van der Waals surface area contributed by atoms with Crippen molar-refractivity contribution in [3.05, 3.63) is 46.7 Å². The molecule has 96 valence electrons. The molecule has 0 spiro atoms. The number of nitrogens with one attached hydrogen (secondary N) is 1. The minimum Gasteiger partial charge on any atom is -0.397 e. The number of nitrogen functional groups attached to an aromatic ring is 1. The largest absolute Gasteiger partial charge is 0.397 e. The Morgan fingerprint density at radius 1 is 1.26 bits per heavy atom. The molecule has 19 heavy (non-hydrogen) atoms. The lowest BCUT2D eigenvalue weighted by atomic mass is 10.1. The first kappa shape index (κ1) is 11.9. The molecule has 4 nitrogen and oxygen atoms in total. The second-order valence-electron chi connectivity index (χ2n) is 4.32. The third-order valence-electron chi connectivity index (χ3n) is 2.98. The fourth-order valence-corrected chi connectivity index (χ4v) is 2.75. The molecule has 0 bridgehead atoms.